The predicted molar refractivity (Wildman–Crippen MR) is 76.2 cm³/mol. The number of carbonyl (C=O) groups is 1. The summed E-state index contributed by atoms with van der Waals surface area (Å²) in [5, 5.41) is 9.62. The summed E-state index contributed by atoms with van der Waals surface area (Å²) in [6.45, 7) is 12.5. The highest BCUT2D eigenvalue weighted by Crippen LogP contribution is 2.32. The van der Waals surface area contributed by atoms with Crippen LogP contribution in [0, 0.1) is 17.3 Å². The molecule has 0 bridgehead atoms. The van der Waals surface area contributed by atoms with Gasteiger partial charge in [0.1, 0.15) is 0 Å². The lowest BCUT2D eigenvalue weighted by molar-refractivity contribution is -0.157. The van der Waals surface area contributed by atoms with E-state index in [1.165, 1.54) is 0 Å². The van der Waals surface area contributed by atoms with Gasteiger partial charge in [-0.15, -0.1) is 0 Å². The summed E-state index contributed by atoms with van der Waals surface area (Å²) < 4.78 is 5.34. The van der Waals surface area contributed by atoms with Gasteiger partial charge in [0.15, 0.2) is 0 Å². The van der Waals surface area contributed by atoms with Crippen molar-refractivity contribution >= 4 is 5.97 Å². The first-order valence-corrected chi connectivity index (χ1v) is 7.39. The van der Waals surface area contributed by atoms with E-state index in [2.05, 4.69) is 32.6 Å². The Morgan fingerprint density at radius 3 is 2.00 bits per heavy atom. The van der Waals surface area contributed by atoms with E-state index >= 15 is 0 Å². The third-order valence-electron chi connectivity index (χ3n) is 3.68. The first kappa shape index (κ1) is 16.4. The minimum Gasteiger partial charge on any atom is -0.481 e. The van der Waals surface area contributed by atoms with Crippen LogP contribution in [-0.4, -0.2) is 48.8 Å². The average Bonchev–Trinajstić information content (AvgIpc) is 2.27. The van der Waals surface area contributed by atoms with Crippen LogP contribution in [0.4, 0.5) is 0 Å². The van der Waals surface area contributed by atoms with Gasteiger partial charge >= 0.3 is 5.97 Å². The highest BCUT2D eigenvalue weighted by atomic mass is 16.5. The van der Waals surface area contributed by atoms with Crippen molar-refractivity contribution in [3.63, 3.8) is 0 Å². The van der Waals surface area contributed by atoms with Crippen LogP contribution < -0.4 is 0 Å². The third-order valence-corrected chi connectivity index (χ3v) is 3.68. The van der Waals surface area contributed by atoms with Crippen molar-refractivity contribution in [3.05, 3.63) is 0 Å². The van der Waals surface area contributed by atoms with Crippen LogP contribution in [0.25, 0.3) is 0 Å². The Labute approximate surface area is 117 Å². The van der Waals surface area contributed by atoms with Crippen LogP contribution in [0.2, 0.25) is 0 Å². The molecule has 1 N–H and O–H groups in total. The van der Waals surface area contributed by atoms with Gasteiger partial charge in [0.25, 0.3) is 0 Å². The molecule has 4 heteroatoms. The molecular formula is C15H29NO3. The fourth-order valence-corrected chi connectivity index (χ4v) is 2.87. The molecule has 1 aliphatic heterocycles. The smallest absolute Gasteiger partial charge is 0.311 e. The molecule has 0 amide bonds. The minimum atomic E-state index is -0.659. The zero-order valence-electron chi connectivity index (χ0n) is 12.8. The molecule has 0 spiro atoms. The second kappa shape index (κ2) is 7.25. The number of hydrogen-bond donors (Lipinski definition) is 1. The first-order valence-electron chi connectivity index (χ1n) is 7.39. The molecule has 0 aromatic rings. The molecular weight excluding hydrogens is 242 g/mol. The molecule has 112 valence electrons. The molecule has 1 rings (SSSR count). The molecule has 0 unspecified atom stereocenters. The van der Waals surface area contributed by atoms with Crippen LogP contribution in [0.3, 0.4) is 0 Å². The van der Waals surface area contributed by atoms with Crippen molar-refractivity contribution in [2.45, 2.75) is 40.5 Å². The molecule has 0 atom stereocenters. The van der Waals surface area contributed by atoms with Gasteiger partial charge in [-0.25, -0.2) is 0 Å². The summed E-state index contributed by atoms with van der Waals surface area (Å²) >= 11 is 0. The van der Waals surface area contributed by atoms with Gasteiger partial charge in [-0.1, -0.05) is 27.7 Å². The highest BCUT2D eigenvalue weighted by molar-refractivity contribution is 5.75. The van der Waals surface area contributed by atoms with Crippen molar-refractivity contribution in [2.75, 3.05) is 32.8 Å². The highest BCUT2D eigenvalue weighted by Gasteiger charge is 2.41. The minimum absolute atomic E-state index is 0.560. The van der Waals surface area contributed by atoms with Gasteiger partial charge in [0, 0.05) is 32.8 Å². The second-order valence-electron chi connectivity index (χ2n) is 6.68. The van der Waals surface area contributed by atoms with Crippen LogP contribution in [0.5, 0.6) is 0 Å². The zero-order chi connectivity index (χ0) is 14.5. The van der Waals surface area contributed by atoms with Gasteiger partial charge < -0.3 is 14.7 Å². The van der Waals surface area contributed by atoms with Gasteiger partial charge in [-0.05, 0) is 24.7 Å². The maximum Gasteiger partial charge on any atom is 0.311 e. The maximum absolute atomic E-state index is 11.7. The molecule has 0 aromatic heterocycles. The van der Waals surface area contributed by atoms with E-state index < -0.39 is 11.4 Å². The number of hydrogen-bond acceptors (Lipinski definition) is 3. The second-order valence-corrected chi connectivity index (χ2v) is 6.68. The zero-order valence-corrected chi connectivity index (χ0v) is 12.8. The summed E-state index contributed by atoms with van der Waals surface area (Å²) in [4.78, 5) is 14.0. The van der Waals surface area contributed by atoms with E-state index in [0.717, 1.165) is 13.1 Å². The maximum atomic E-state index is 11.7. The van der Waals surface area contributed by atoms with Gasteiger partial charge in [-0.2, -0.15) is 0 Å². The summed E-state index contributed by atoms with van der Waals surface area (Å²) in [7, 11) is 0. The number of rotatable bonds is 7. The van der Waals surface area contributed by atoms with Gasteiger partial charge in [0.05, 0.1) is 5.41 Å². The standard InChI is InChI=1S/C15H29NO3/c1-12(2)9-16(10-13(3)4)11-15(14(17)18)5-7-19-8-6-15/h12-13H,5-11H2,1-4H3,(H,17,18). The summed E-state index contributed by atoms with van der Waals surface area (Å²) in [6, 6.07) is 0. The van der Waals surface area contributed by atoms with Crippen LogP contribution in [-0.2, 0) is 9.53 Å². The summed E-state index contributed by atoms with van der Waals surface area (Å²) in [5.74, 6) is 0.460. The van der Waals surface area contributed by atoms with Crippen molar-refractivity contribution in [2.24, 2.45) is 17.3 Å². The molecule has 1 saturated heterocycles. The van der Waals surface area contributed by atoms with Crippen LogP contribution in [0.1, 0.15) is 40.5 Å². The SMILES string of the molecule is CC(C)CN(CC(C)C)CC1(C(=O)O)CCOCC1. The van der Waals surface area contributed by atoms with Crippen molar-refractivity contribution in [1.82, 2.24) is 4.90 Å². The first-order chi connectivity index (χ1) is 8.85. The van der Waals surface area contributed by atoms with Crippen molar-refractivity contribution < 1.29 is 14.6 Å². The Morgan fingerprint density at radius 1 is 1.16 bits per heavy atom. The topological polar surface area (TPSA) is 49.8 Å². The lowest BCUT2D eigenvalue weighted by Gasteiger charge is -2.38. The lowest BCUT2D eigenvalue weighted by Crippen LogP contribution is -2.48. The Morgan fingerprint density at radius 2 is 1.63 bits per heavy atom. The van der Waals surface area contributed by atoms with E-state index in [1.807, 2.05) is 0 Å². The monoisotopic (exact) mass is 271 g/mol. The van der Waals surface area contributed by atoms with E-state index in [0.29, 0.717) is 44.4 Å². The van der Waals surface area contributed by atoms with Gasteiger partial charge in [0.2, 0.25) is 0 Å². The normalized spacial score (nSPS) is 19.3. The van der Waals surface area contributed by atoms with E-state index in [-0.39, 0.29) is 0 Å². The molecule has 4 nitrogen and oxygen atoms in total. The molecule has 1 heterocycles. The van der Waals surface area contributed by atoms with Crippen LogP contribution in [0.15, 0.2) is 0 Å². The predicted octanol–water partition coefficient (Wildman–Crippen LogP) is 2.48. The molecule has 0 aromatic carbocycles. The Hall–Kier alpha value is -0.610. The number of nitrogens with zero attached hydrogens (tertiary/aromatic N) is 1. The van der Waals surface area contributed by atoms with Crippen LogP contribution >= 0.6 is 0 Å². The molecule has 1 aliphatic rings. The Balaban J connectivity index is 2.74. The summed E-state index contributed by atoms with van der Waals surface area (Å²) in [6.07, 6.45) is 1.27. The molecule has 1 fully saturated rings. The summed E-state index contributed by atoms with van der Waals surface area (Å²) in [5.41, 5.74) is -0.609. The Bertz CT molecular complexity index is 273. The average molecular weight is 271 g/mol. The van der Waals surface area contributed by atoms with Crippen molar-refractivity contribution in [3.8, 4) is 0 Å². The number of aliphatic carboxylic acids is 1. The Kier molecular flexibility index (Phi) is 6.27. The number of carboxylic acid groups (broad SMARTS) is 1. The third kappa shape index (κ3) is 5.11. The lowest BCUT2D eigenvalue weighted by atomic mass is 9.79. The fraction of sp³-hybridized carbons (Fsp3) is 0.933. The van der Waals surface area contributed by atoms with Gasteiger partial charge in [-0.3, -0.25) is 4.79 Å². The quantitative estimate of drug-likeness (QED) is 0.773. The van der Waals surface area contributed by atoms with E-state index in [9.17, 15) is 9.90 Å². The van der Waals surface area contributed by atoms with E-state index in [1.54, 1.807) is 0 Å². The number of carboxylic acids is 1. The molecule has 0 aliphatic carbocycles. The van der Waals surface area contributed by atoms with E-state index in [4.69, 9.17) is 4.74 Å². The number of ether oxygens (including phenoxy) is 1. The van der Waals surface area contributed by atoms with Crippen molar-refractivity contribution in [1.29, 1.82) is 0 Å². The molecule has 19 heavy (non-hydrogen) atoms. The fourth-order valence-electron chi connectivity index (χ4n) is 2.87. The largest absolute Gasteiger partial charge is 0.481 e. The molecule has 0 saturated carbocycles. The molecule has 0 radical (unpaired) electrons.